The first kappa shape index (κ1) is 48.2. The van der Waals surface area contributed by atoms with Crippen molar-refractivity contribution < 1.29 is 53.4 Å². The molecule has 0 bridgehead atoms. The summed E-state index contributed by atoms with van der Waals surface area (Å²) in [6.45, 7) is 4.38. The number of benzene rings is 4. The topological polar surface area (TPSA) is 18.5 Å². The predicted octanol–water partition coefficient (Wildman–Crippen LogP) is 17.2. The molecule has 4 aromatic carbocycles. The van der Waals surface area contributed by atoms with Crippen LogP contribution in [0.5, 0.6) is 11.5 Å². The molecule has 0 atom stereocenters. The van der Waals surface area contributed by atoms with E-state index in [1.807, 2.05) is 0 Å². The molecule has 0 saturated heterocycles. The van der Waals surface area contributed by atoms with Gasteiger partial charge in [-0.3, -0.25) is 0 Å². The van der Waals surface area contributed by atoms with Crippen molar-refractivity contribution >= 4 is 23.3 Å². The van der Waals surface area contributed by atoms with Gasteiger partial charge < -0.3 is 9.47 Å². The summed E-state index contributed by atoms with van der Waals surface area (Å²) in [4.78, 5) is 0. The van der Waals surface area contributed by atoms with Crippen LogP contribution >= 0.6 is 0 Å². The van der Waals surface area contributed by atoms with E-state index >= 15 is 17.6 Å². The molecule has 0 aliphatic heterocycles. The van der Waals surface area contributed by atoms with Gasteiger partial charge in [-0.05, 0) is 194 Å². The van der Waals surface area contributed by atoms with Gasteiger partial charge in [-0.2, -0.15) is 0 Å². The minimum Gasteiger partial charge on any atom is -0.406 e. The van der Waals surface area contributed by atoms with E-state index in [9.17, 15) is 26.3 Å². The van der Waals surface area contributed by atoms with E-state index in [4.69, 9.17) is 0 Å². The number of halogens is 10. The largest absolute Gasteiger partial charge is 0.573 e. The summed E-state index contributed by atoms with van der Waals surface area (Å²) in [6, 6.07) is 14.0. The maximum Gasteiger partial charge on any atom is 0.573 e. The van der Waals surface area contributed by atoms with Crippen LogP contribution in [0.15, 0.2) is 60.7 Å². The third-order valence-electron chi connectivity index (χ3n) is 13.8. The van der Waals surface area contributed by atoms with Crippen LogP contribution in [0, 0.1) is 35.1 Å². The van der Waals surface area contributed by atoms with E-state index < -0.39 is 36.0 Å². The number of unbranched alkanes of at least 4 members (excludes halogenated alkanes) is 1. The maximum atomic E-state index is 15.1. The number of fused-ring (bicyclic) bond motifs is 2. The van der Waals surface area contributed by atoms with Crippen molar-refractivity contribution in [2.24, 2.45) is 11.8 Å². The smallest absolute Gasteiger partial charge is 0.406 e. The minimum atomic E-state index is -4.76. The van der Waals surface area contributed by atoms with Gasteiger partial charge in [0.15, 0.2) is 0 Å². The summed E-state index contributed by atoms with van der Waals surface area (Å²) in [5, 5.41) is 0. The van der Waals surface area contributed by atoms with Crippen LogP contribution in [-0.4, -0.2) is 12.7 Å². The summed E-state index contributed by atoms with van der Waals surface area (Å²) in [6.07, 6.45) is 9.60. The Labute approximate surface area is 375 Å². The van der Waals surface area contributed by atoms with E-state index in [-0.39, 0.29) is 34.5 Å². The Bertz CT molecular complexity index is 2300. The van der Waals surface area contributed by atoms with Crippen molar-refractivity contribution in [1.82, 2.24) is 0 Å². The fraction of sp³-hybridized carbons (Fsp3) is 0.472. The van der Waals surface area contributed by atoms with E-state index in [2.05, 4.69) is 23.3 Å². The molecule has 0 heterocycles. The Morgan fingerprint density at radius 1 is 0.477 bits per heavy atom. The molecule has 4 aromatic rings. The summed E-state index contributed by atoms with van der Waals surface area (Å²) in [5.74, 6) is -1.01. The lowest BCUT2D eigenvalue weighted by Gasteiger charge is -2.29. The average Bonchev–Trinajstić information content (AvgIpc) is 3.25. The predicted molar refractivity (Wildman–Crippen MR) is 235 cm³/mol. The van der Waals surface area contributed by atoms with Crippen LogP contribution < -0.4 is 9.47 Å². The molecule has 350 valence electrons. The van der Waals surface area contributed by atoms with Crippen molar-refractivity contribution in [3.63, 3.8) is 0 Å². The number of rotatable bonds is 11. The van der Waals surface area contributed by atoms with Gasteiger partial charge in [-0.15, -0.1) is 26.3 Å². The Balaban J connectivity index is 0.000000194. The lowest BCUT2D eigenvalue weighted by atomic mass is 9.76. The highest BCUT2D eigenvalue weighted by Crippen LogP contribution is 2.43. The third kappa shape index (κ3) is 12.6. The van der Waals surface area contributed by atoms with Crippen LogP contribution in [0.25, 0.3) is 23.3 Å². The minimum absolute atomic E-state index is 0.0309. The Hall–Kier alpha value is -4.74. The molecule has 0 N–H and O–H groups in total. The van der Waals surface area contributed by atoms with Crippen molar-refractivity contribution in [2.75, 3.05) is 0 Å². The van der Waals surface area contributed by atoms with Crippen molar-refractivity contribution in [3.05, 3.63) is 128 Å². The Morgan fingerprint density at radius 3 is 1.22 bits per heavy atom. The molecular weight excluding hydrogens is 859 g/mol. The maximum absolute atomic E-state index is 15.1. The fourth-order valence-corrected chi connectivity index (χ4v) is 10.5. The zero-order valence-corrected chi connectivity index (χ0v) is 36.9. The highest BCUT2D eigenvalue weighted by molar-refractivity contribution is 5.86. The third-order valence-corrected chi connectivity index (χ3v) is 13.8. The summed E-state index contributed by atoms with van der Waals surface area (Å²) in [7, 11) is 0. The van der Waals surface area contributed by atoms with Crippen LogP contribution in [0.4, 0.5) is 43.9 Å². The highest BCUT2D eigenvalue weighted by atomic mass is 19.4. The number of hydrogen-bond acceptors (Lipinski definition) is 2. The normalized spacial score (nSPS) is 21.0. The van der Waals surface area contributed by atoms with Gasteiger partial charge in [0.1, 0.15) is 34.8 Å². The number of allylic oxidation sites excluding steroid dienone is 2. The molecular formula is C53H56F10O2. The van der Waals surface area contributed by atoms with Gasteiger partial charge in [0, 0.05) is 11.1 Å². The Kier molecular flexibility index (Phi) is 15.4. The number of ether oxygens (including phenoxy) is 2. The first-order valence-corrected chi connectivity index (χ1v) is 23.1. The molecule has 2 fully saturated rings. The molecule has 12 heteroatoms. The zero-order chi connectivity index (χ0) is 46.5. The molecule has 0 unspecified atom stereocenters. The molecule has 0 spiro atoms. The first-order chi connectivity index (χ1) is 31.0. The quantitative estimate of drug-likeness (QED) is 0.140. The van der Waals surface area contributed by atoms with E-state index in [0.29, 0.717) is 59.1 Å². The van der Waals surface area contributed by atoms with Crippen LogP contribution in [0.2, 0.25) is 0 Å². The second-order valence-electron chi connectivity index (χ2n) is 18.2. The molecule has 0 amide bonds. The van der Waals surface area contributed by atoms with E-state index in [1.165, 1.54) is 92.8 Å². The lowest BCUT2D eigenvalue weighted by Crippen LogP contribution is -2.17. The molecule has 4 aliphatic rings. The van der Waals surface area contributed by atoms with Gasteiger partial charge in [-0.1, -0.05) is 70.2 Å². The monoisotopic (exact) mass is 914 g/mol. The van der Waals surface area contributed by atoms with Gasteiger partial charge in [0.2, 0.25) is 0 Å². The van der Waals surface area contributed by atoms with Crippen molar-refractivity contribution in [3.8, 4) is 11.5 Å². The van der Waals surface area contributed by atoms with Crippen molar-refractivity contribution in [1.29, 1.82) is 0 Å². The first-order valence-electron chi connectivity index (χ1n) is 23.1. The Morgan fingerprint density at radius 2 is 0.862 bits per heavy atom. The molecule has 2 saturated carbocycles. The molecule has 2 nitrogen and oxygen atoms in total. The van der Waals surface area contributed by atoms with E-state index in [0.717, 1.165) is 74.3 Å². The molecule has 8 rings (SSSR count). The van der Waals surface area contributed by atoms with Crippen LogP contribution in [0.1, 0.15) is 167 Å². The standard InChI is InChI=1S/C27H29F5O.C26H27F5O/c1-2-3-4-17-5-7-18(8-6-17)22-15-24(28)26(25(29)16-22)21-10-9-20-14-23(33-27(30,31)32)12-11-19(20)13-21;1-2-3-16-4-6-17(7-5-16)21-14-23(27)25(24(28)15-21)20-9-8-19-13-22(32-26(29,30)31)11-10-18(19)12-20/h11-18H,2-10H2,1H3;10-17H,2-9H2,1H3. The summed E-state index contributed by atoms with van der Waals surface area (Å²) < 4.78 is 143. The molecule has 65 heavy (non-hydrogen) atoms. The highest BCUT2D eigenvalue weighted by Gasteiger charge is 2.33. The fourth-order valence-electron chi connectivity index (χ4n) is 10.5. The van der Waals surface area contributed by atoms with Gasteiger partial charge in [-0.25, -0.2) is 17.6 Å². The van der Waals surface area contributed by atoms with Gasteiger partial charge >= 0.3 is 12.7 Å². The lowest BCUT2D eigenvalue weighted by molar-refractivity contribution is -0.275. The van der Waals surface area contributed by atoms with Crippen LogP contribution in [0.3, 0.4) is 0 Å². The van der Waals surface area contributed by atoms with E-state index in [1.54, 1.807) is 12.2 Å². The average molecular weight is 915 g/mol. The number of aryl methyl sites for hydroxylation is 2. The van der Waals surface area contributed by atoms with Crippen molar-refractivity contribution in [2.45, 2.75) is 148 Å². The SMILES string of the molecule is CCCC1CCC(c2cc(F)c(C3=Cc4ccc(OC(F)(F)F)cc4CC3)c(F)c2)CC1.CCCCC1CCC(c2cc(F)c(C3=Cc4ccc(OC(F)(F)F)cc4CC3)c(F)c2)CC1. The van der Waals surface area contributed by atoms with Gasteiger partial charge in [0.05, 0.1) is 0 Å². The molecule has 0 aromatic heterocycles. The zero-order valence-electron chi connectivity index (χ0n) is 36.9. The number of alkyl halides is 6. The second kappa shape index (κ2) is 20.8. The van der Waals surface area contributed by atoms with Gasteiger partial charge in [0.25, 0.3) is 0 Å². The summed E-state index contributed by atoms with van der Waals surface area (Å²) in [5.41, 5.74) is 5.07. The molecule has 0 radical (unpaired) electrons. The van der Waals surface area contributed by atoms with Crippen LogP contribution in [-0.2, 0) is 12.8 Å². The second-order valence-corrected chi connectivity index (χ2v) is 18.2. The molecule has 4 aliphatic carbocycles. The summed E-state index contributed by atoms with van der Waals surface area (Å²) >= 11 is 0. The number of hydrogen-bond donors (Lipinski definition) is 0.